The van der Waals surface area contributed by atoms with Crippen LogP contribution in [0.3, 0.4) is 0 Å². The number of ether oxygens (including phenoxy) is 2. The summed E-state index contributed by atoms with van der Waals surface area (Å²) in [6.07, 6.45) is 3.69. The fourth-order valence-electron chi connectivity index (χ4n) is 8.69. The van der Waals surface area contributed by atoms with Gasteiger partial charge in [-0.15, -0.1) is 0 Å². The molecule has 4 atom stereocenters. The standard InChI is InChI=1S/C29H36N2O3.C22H26N2O3.C8H14O3S.CH3F.CH2O3.2K.H/c1-29(2,3)18-12-19-30(4)24-17-20-31(25(21-24)28(33)34-5)27(32)26(22-13-8-6-9-14-22)23-15-10-7-11-16-23;1-23-18-13-14-24(19(15-18)22(26)27-2)21(25)20(16-9-5-3-6-10-16)17-11-7-4-8-12-17;1-8(2,3)6-5-7-11-12(4,9)10;1-2;2-1-4-3;;;/h6-11,13-16,24-26H,17,19-21H2,1-5H3;3-12,18-20,23H,13-15H2,1-2H3;7H2,1-4H3;1H3;1,3H;;;/q;;;;;2*+1;-1/p-1/t24-,25+;18-,19+;;;;;;/m11....../s1/i;;;1D;;;;. The molecule has 0 unspecified atom stereocenters. The Morgan fingerprint density at radius 1 is 0.728 bits per heavy atom. The Morgan fingerprint density at radius 3 is 1.40 bits per heavy atom. The quantitative estimate of drug-likeness (QED) is 0.0358. The van der Waals surface area contributed by atoms with Gasteiger partial charge in [-0.25, -0.2) is 9.59 Å². The van der Waals surface area contributed by atoms with Gasteiger partial charge in [0.15, 0.2) is 0 Å². The molecule has 0 radical (unpaired) electrons. The van der Waals surface area contributed by atoms with Crippen LogP contribution in [0.1, 0.15) is 104 Å². The van der Waals surface area contributed by atoms with Crippen LogP contribution in [0.25, 0.3) is 0 Å². The number of nitrogens with one attached hydrogen (secondary N) is 1. The number of benzene rings is 4. The monoisotopic (exact) mass is 1190 g/mol. The maximum atomic E-state index is 14.0. The maximum absolute atomic E-state index is 14.0. The summed E-state index contributed by atoms with van der Waals surface area (Å²) in [4.78, 5) is 69.7. The van der Waals surface area contributed by atoms with Gasteiger partial charge in [-0.1, -0.05) is 145 Å². The van der Waals surface area contributed by atoms with E-state index in [1.54, 1.807) is 9.80 Å². The maximum Gasteiger partial charge on any atom is 1.00 e. The zero-order valence-electron chi connectivity index (χ0n) is 51.5. The molecule has 1 N–H and O–H groups in total. The molecule has 16 nitrogen and oxygen atoms in total. The minimum Gasteiger partial charge on any atom is -1.00 e. The minimum atomic E-state index is -3.34. The van der Waals surface area contributed by atoms with Crippen molar-refractivity contribution in [2.75, 3.05) is 68.0 Å². The molecule has 0 aliphatic carbocycles. The van der Waals surface area contributed by atoms with Gasteiger partial charge in [0.05, 0.1) is 47.4 Å². The summed E-state index contributed by atoms with van der Waals surface area (Å²) in [6.45, 7) is 13.5. The van der Waals surface area contributed by atoms with Crippen LogP contribution >= 0.6 is 0 Å². The molecule has 0 saturated carbocycles. The number of carbonyl (C=O) groups excluding carboxylic acids is 5. The van der Waals surface area contributed by atoms with E-state index in [-0.39, 0.29) is 164 Å². The third-order valence-electron chi connectivity index (χ3n) is 12.4. The number of likely N-dealkylation sites (tertiary alicyclic amines) is 2. The Kier molecular flexibility index (Phi) is 37.8. The summed E-state index contributed by atoms with van der Waals surface area (Å²) in [7, 11) is 2.33. The topological polar surface area (TPSA) is 201 Å². The van der Waals surface area contributed by atoms with Gasteiger partial charge in [0, 0.05) is 36.0 Å². The van der Waals surface area contributed by atoms with E-state index < -0.39 is 41.2 Å². The van der Waals surface area contributed by atoms with Crippen LogP contribution in [-0.2, 0) is 52.6 Å². The molecule has 20 heteroatoms. The van der Waals surface area contributed by atoms with Gasteiger partial charge in [-0.3, -0.25) is 27.9 Å². The second-order valence-electron chi connectivity index (χ2n) is 20.5. The van der Waals surface area contributed by atoms with Crippen LogP contribution in [0.5, 0.6) is 0 Å². The van der Waals surface area contributed by atoms with Crippen molar-refractivity contribution < 1.29 is 166 Å². The average molecular weight is 1190 g/mol. The van der Waals surface area contributed by atoms with Crippen molar-refractivity contribution in [3.8, 4) is 23.7 Å². The second kappa shape index (κ2) is 40.6. The molecule has 0 aromatic heterocycles. The van der Waals surface area contributed by atoms with Gasteiger partial charge in [-0.2, -0.15) is 8.42 Å². The second-order valence-corrected chi connectivity index (χ2v) is 22.2. The Balaban J connectivity index is 0. The van der Waals surface area contributed by atoms with E-state index >= 15 is 0 Å². The number of nitrogens with zero attached hydrogens (tertiary/aromatic N) is 3. The number of amides is 2. The van der Waals surface area contributed by atoms with Gasteiger partial charge in [0.2, 0.25) is 11.8 Å². The van der Waals surface area contributed by atoms with Gasteiger partial charge in [0.1, 0.15) is 18.7 Å². The number of rotatable bonds is 14. The smallest absolute Gasteiger partial charge is 1.00 e. The number of esters is 2. The van der Waals surface area contributed by atoms with Crippen LogP contribution in [0.2, 0.25) is 0 Å². The zero-order chi connectivity index (χ0) is 59.9. The number of hydrogen-bond donors (Lipinski definition) is 1. The van der Waals surface area contributed by atoms with E-state index in [0.29, 0.717) is 32.5 Å². The molecular formula is C61H81FK2N4O12S. The fourth-order valence-corrected chi connectivity index (χ4v) is 8.96. The Labute approximate surface area is 569 Å². The molecule has 2 heterocycles. The third kappa shape index (κ3) is 28.7. The van der Waals surface area contributed by atoms with E-state index in [1.807, 2.05) is 156 Å². The Hall–Kier alpha value is -3.66. The first-order valence-corrected chi connectivity index (χ1v) is 27.5. The first-order valence-electron chi connectivity index (χ1n) is 26.4. The average Bonchev–Trinajstić information content (AvgIpc) is 3.52. The van der Waals surface area contributed by atoms with Crippen molar-refractivity contribution in [2.24, 2.45) is 10.8 Å². The SMILES string of the molecule is CC(C)(C)C#CCOS(C)(=O)=O.CN[C@@H]1CCN(C(=O)C(c2ccccc2)c2ccccc2)[C@H](C(=O)OC)C1.COC(=O)[C@@H]1C[C@H](N(C)CC#CC(C)(C)C)CCN1C(=O)C(c1ccccc1)c1ccccc1.O=CO[O-].[2H]CF.[H-].[K+].[K+]. The molecule has 0 bridgehead atoms. The molecule has 2 fully saturated rings. The molecule has 4 aromatic carbocycles. The summed E-state index contributed by atoms with van der Waals surface area (Å²) in [5.41, 5.74) is 3.52. The summed E-state index contributed by atoms with van der Waals surface area (Å²) < 4.78 is 51.0. The zero-order valence-corrected chi connectivity index (χ0v) is 56.5. The van der Waals surface area contributed by atoms with E-state index in [2.05, 4.69) is 63.7 Å². The largest absolute Gasteiger partial charge is 1.00 e. The van der Waals surface area contributed by atoms with Crippen LogP contribution in [-0.4, -0.2) is 145 Å². The van der Waals surface area contributed by atoms with Crippen molar-refractivity contribution >= 4 is 40.3 Å². The summed E-state index contributed by atoms with van der Waals surface area (Å²) in [6, 6.07) is 38.1. The van der Waals surface area contributed by atoms with Gasteiger partial charge < -0.3 is 36.2 Å². The number of piperidine rings is 2. The molecule has 4 aromatic rings. The fraction of sp³-hybridized carbons (Fsp3) is 0.459. The first-order chi connectivity index (χ1) is 37.9. The van der Waals surface area contributed by atoms with Crippen molar-refractivity contribution in [2.45, 2.75) is 103 Å². The van der Waals surface area contributed by atoms with Gasteiger partial charge in [0.25, 0.3) is 16.6 Å². The summed E-state index contributed by atoms with van der Waals surface area (Å²) >= 11 is 0. The molecule has 0 spiro atoms. The number of halogens is 1. The van der Waals surface area contributed by atoms with E-state index in [9.17, 15) is 32.0 Å². The van der Waals surface area contributed by atoms with Crippen LogP contribution < -0.4 is 113 Å². The van der Waals surface area contributed by atoms with Crippen molar-refractivity contribution in [1.82, 2.24) is 20.0 Å². The molecule has 2 amide bonds. The molecule has 2 aliphatic heterocycles. The van der Waals surface area contributed by atoms with E-state index in [0.717, 1.165) is 41.4 Å². The van der Waals surface area contributed by atoms with E-state index in [4.69, 9.17) is 20.9 Å². The third-order valence-corrected chi connectivity index (χ3v) is 12.9. The Morgan fingerprint density at radius 2 is 1.07 bits per heavy atom. The van der Waals surface area contributed by atoms with Gasteiger partial charge in [-0.05, 0) is 104 Å². The van der Waals surface area contributed by atoms with Crippen LogP contribution in [0.15, 0.2) is 121 Å². The molecule has 6 rings (SSSR count). The van der Waals surface area contributed by atoms with Crippen molar-refractivity contribution in [3.63, 3.8) is 0 Å². The van der Waals surface area contributed by atoms with Crippen LogP contribution in [0.4, 0.5) is 4.39 Å². The van der Waals surface area contributed by atoms with Crippen LogP contribution in [0, 0.1) is 34.5 Å². The molecule has 2 aliphatic rings. The van der Waals surface area contributed by atoms with Crippen molar-refractivity contribution in [3.05, 3.63) is 144 Å². The summed E-state index contributed by atoms with van der Waals surface area (Å²) in [5.74, 6) is 10.2. The number of hydrogen-bond acceptors (Lipinski definition) is 14. The van der Waals surface area contributed by atoms with Gasteiger partial charge >= 0.3 is 115 Å². The Bertz CT molecular complexity index is 2670. The minimum absolute atomic E-state index is 0. The normalized spacial score (nSPS) is 16.6. The van der Waals surface area contributed by atoms with E-state index in [1.165, 1.54) is 14.2 Å². The number of methoxy groups -OCH3 is 2. The molecule has 81 heavy (non-hydrogen) atoms. The van der Waals surface area contributed by atoms with Crippen molar-refractivity contribution in [1.29, 1.82) is 0 Å². The molecular weight excluding hydrogens is 1110 g/mol. The number of alkyl halides is 1. The predicted molar refractivity (Wildman–Crippen MR) is 303 cm³/mol. The number of carbonyl (C=O) groups is 5. The predicted octanol–water partition coefficient (Wildman–Crippen LogP) is 1.06. The first kappa shape index (κ1) is 75.4. The molecule has 2 saturated heterocycles. The summed E-state index contributed by atoms with van der Waals surface area (Å²) in [5, 5.41) is 11.6. The molecule has 432 valence electrons.